The summed E-state index contributed by atoms with van der Waals surface area (Å²) in [6.45, 7) is 10.2. The summed E-state index contributed by atoms with van der Waals surface area (Å²) in [6.07, 6.45) is 11.3. The number of hydrogen-bond acceptors (Lipinski definition) is 6. The van der Waals surface area contributed by atoms with Gasteiger partial charge in [0.15, 0.2) is 0 Å². The first-order chi connectivity index (χ1) is 14.3. The van der Waals surface area contributed by atoms with E-state index in [9.17, 15) is 9.59 Å². The van der Waals surface area contributed by atoms with E-state index in [1.165, 1.54) is 71.1 Å². The smallest absolute Gasteiger partial charge is 0.303 e. The van der Waals surface area contributed by atoms with E-state index in [4.69, 9.17) is 21.7 Å². The number of hydrogen-bond donors (Lipinski definition) is 6. The number of carbonyl (C=O) groups is 2. The van der Waals surface area contributed by atoms with Gasteiger partial charge >= 0.3 is 11.9 Å². The number of nitrogens with two attached hydrogens (primary N) is 2. The van der Waals surface area contributed by atoms with Gasteiger partial charge in [0.05, 0.1) is 6.17 Å². The van der Waals surface area contributed by atoms with Crippen molar-refractivity contribution in [2.75, 3.05) is 26.2 Å². The largest absolute Gasteiger partial charge is 0.481 e. The van der Waals surface area contributed by atoms with Gasteiger partial charge in [-0.05, 0) is 70.1 Å². The van der Waals surface area contributed by atoms with E-state index in [1.54, 1.807) is 13.8 Å². The highest BCUT2D eigenvalue weighted by atomic mass is 16.4. The van der Waals surface area contributed by atoms with E-state index in [2.05, 4.69) is 10.6 Å². The molecule has 2 aliphatic rings. The first-order valence-corrected chi connectivity index (χ1v) is 11.6. The number of carboxylic acids is 2. The molecule has 0 aromatic carbocycles. The van der Waals surface area contributed by atoms with Crippen LogP contribution in [0.1, 0.15) is 85.0 Å². The maximum Gasteiger partial charge on any atom is 0.303 e. The molecule has 0 bridgehead atoms. The van der Waals surface area contributed by atoms with E-state index in [0.717, 1.165) is 18.3 Å². The first-order valence-electron chi connectivity index (χ1n) is 11.6. The maximum absolute atomic E-state index is 9.37. The monoisotopic (exact) mass is 432 g/mol. The predicted molar refractivity (Wildman–Crippen MR) is 123 cm³/mol. The summed E-state index contributed by atoms with van der Waals surface area (Å²) in [6, 6.07) is 0. The van der Waals surface area contributed by atoms with Gasteiger partial charge in [0.1, 0.15) is 0 Å². The van der Waals surface area contributed by atoms with Crippen LogP contribution in [0.2, 0.25) is 0 Å². The van der Waals surface area contributed by atoms with Gasteiger partial charge in [-0.3, -0.25) is 9.59 Å². The Labute approximate surface area is 183 Å². The van der Waals surface area contributed by atoms with E-state index < -0.39 is 11.9 Å². The van der Waals surface area contributed by atoms with Crippen molar-refractivity contribution in [2.24, 2.45) is 23.3 Å². The lowest BCUT2D eigenvalue weighted by atomic mass is 9.87. The molecule has 2 aliphatic heterocycles. The zero-order valence-corrected chi connectivity index (χ0v) is 19.5. The van der Waals surface area contributed by atoms with Crippen LogP contribution in [0, 0.1) is 11.8 Å². The van der Waals surface area contributed by atoms with Crippen molar-refractivity contribution >= 4 is 11.9 Å². The Balaban J connectivity index is 0. The Hall–Kier alpha value is -1.22. The highest BCUT2D eigenvalue weighted by Gasteiger charge is 2.15. The summed E-state index contributed by atoms with van der Waals surface area (Å²) in [4.78, 5) is 18.7. The van der Waals surface area contributed by atoms with Crippen LogP contribution < -0.4 is 22.1 Å². The van der Waals surface area contributed by atoms with E-state index >= 15 is 0 Å². The zero-order chi connectivity index (χ0) is 23.2. The van der Waals surface area contributed by atoms with Crippen LogP contribution in [0.5, 0.6) is 0 Å². The molecule has 8 N–H and O–H groups in total. The average molecular weight is 433 g/mol. The van der Waals surface area contributed by atoms with Crippen molar-refractivity contribution in [3.63, 3.8) is 0 Å². The van der Waals surface area contributed by atoms with Gasteiger partial charge in [0.25, 0.3) is 0 Å². The number of rotatable bonds is 7. The van der Waals surface area contributed by atoms with Crippen LogP contribution in [0.4, 0.5) is 0 Å². The lowest BCUT2D eigenvalue weighted by Crippen LogP contribution is -2.29. The molecule has 0 unspecified atom stereocenters. The molecule has 0 saturated carbocycles. The van der Waals surface area contributed by atoms with Crippen LogP contribution in [0.25, 0.3) is 0 Å². The predicted octanol–water partition coefficient (Wildman–Crippen LogP) is 2.76. The molecular weight excluding hydrogens is 384 g/mol. The fraction of sp³-hybridized carbons (Fsp3) is 0.909. The van der Waals surface area contributed by atoms with Gasteiger partial charge in [-0.15, -0.1) is 0 Å². The second kappa shape index (κ2) is 22.5. The van der Waals surface area contributed by atoms with Crippen LogP contribution >= 0.6 is 0 Å². The Morgan fingerprint density at radius 2 is 1.07 bits per heavy atom. The van der Waals surface area contributed by atoms with Gasteiger partial charge in [-0.25, -0.2) is 0 Å². The van der Waals surface area contributed by atoms with Crippen LogP contribution in [-0.4, -0.2) is 54.5 Å². The van der Waals surface area contributed by atoms with Crippen molar-refractivity contribution in [1.29, 1.82) is 0 Å². The van der Waals surface area contributed by atoms with E-state index in [0.29, 0.717) is 0 Å². The van der Waals surface area contributed by atoms with Crippen LogP contribution in [0.15, 0.2) is 0 Å². The molecule has 0 amide bonds. The summed E-state index contributed by atoms with van der Waals surface area (Å²) in [5.74, 6) is 0.580. The molecular formula is C22H48N4O4. The summed E-state index contributed by atoms with van der Waals surface area (Å²) in [7, 11) is 0. The fourth-order valence-corrected chi connectivity index (χ4v) is 3.04. The van der Waals surface area contributed by atoms with Crippen LogP contribution in [0.3, 0.4) is 0 Å². The first kappa shape index (κ1) is 31.0. The number of carboxylic acid groups (broad SMARTS) is 2. The molecule has 180 valence electrons. The fourth-order valence-electron chi connectivity index (χ4n) is 3.04. The Morgan fingerprint density at radius 1 is 0.800 bits per heavy atom. The number of nitrogens with one attached hydrogen (secondary N) is 2. The number of piperidine rings is 2. The Morgan fingerprint density at radius 3 is 1.27 bits per heavy atom. The van der Waals surface area contributed by atoms with Gasteiger partial charge in [-0.2, -0.15) is 0 Å². The Bertz CT molecular complexity index is 365. The molecule has 0 aromatic rings. The van der Waals surface area contributed by atoms with Crippen molar-refractivity contribution in [1.82, 2.24) is 10.6 Å². The number of aliphatic carboxylic acids is 2. The highest BCUT2D eigenvalue weighted by Crippen LogP contribution is 2.23. The zero-order valence-electron chi connectivity index (χ0n) is 19.5. The summed E-state index contributed by atoms with van der Waals surface area (Å²) in [5, 5.41) is 22.3. The lowest BCUT2D eigenvalue weighted by molar-refractivity contribution is -0.137. The van der Waals surface area contributed by atoms with E-state index in [1.807, 2.05) is 6.92 Å². The minimum absolute atomic E-state index is 0.116. The minimum atomic E-state index is -0.745. The third-order valence-corrected chi connectivity index (χ3v) is 5.22. The van der Waals surface area contributed by atoms with Crippen molar-refractivity contribution in [3.8, 4) is 0 Å². The van der Waals surface area contributed by atoms with Crippen molar-refractivity contribution < 1.29 is 19.8 Å². The van der Waals surface area contributed by atoms with Gasteiger partial charge in [-0.1, -0.05) is 40.0 Å². The second-order valence-electron chi connectivity index (χ2n) is 7.88. The average Bonchev–Trinajstić information content (AvgIpc) is 2.76. The lowest BCUT2D eigenvalue weighted by Gasteiger charge is -2.25. The third kappa shape index (κ3) is 24.8. The summed E-state index contributed by atoms with van der Waals surface area (Å²) in [5.41, 5.74) is 10.1. The molecule has 0 aliphatic carbocycles. The van der Waals surface area contributed by atoms with Gasteiger partial charge < -0.3 is 32.3 Å². The SMILES string of the molecule is C(CC1CCNCC1)CC1CCNCC1.CCC(=O)O.CCC(=O)O.CCC(N)N. The Kier molecular flexibility index (Phi) is 23.2. The maximum atomic E-state index is 9.37. The van der Waals surface area contributed by atoms with Gasteiger partial charge in [0, 0.05) is 12.8 Å². The molecule has 8 nitrogen and oxygen atoms in total. The highest BCUT2D eigenvalue weighted by molar-refractivity contribution is 5.66. The normalized spacial score (nSPS) is 16.9. The third-order valence-electron chi connectivity index (χ3n) is 5.22. The van der Waals surface area contributed by atoms with Crippen molar-refractivity contribution in [3.05, 3.63) is 0 Å². The standard InChI is InChI=1S/C13H26N2.C3H10N2.2C3H6O2/c1(2-12-4-8-14-9-5-12)3-13-6-10-15-11-7-13;3*1-2-3(4)5/h12-15H,1-11H2;3H,2,4-5H2,1H3;2*2H2,1H3,(H,4,5). The molecule has 8 heteroatoms. The molecule has 2 saturated heterocycles. The molecule has 0 atom stereocenters. The topological polar surface area (TPSA) is 151 Å². The van der Waals surface area contributed by atoms with Crippen molar-refractivity contribution in [2.45, 2.75) is 91.1 Å². The minimum Gasteiger partial charge on any atom is -0.481 e. The van der Waals surface area contributed by atoms with E-state index in [-0.39, 0.29) is 19.0 Å². The summed E-state index contributed by atoms with van der Waals surface area (Å²) < 4.78 is 0. The van der Waals surface area contributed by atoms with Crippen LogP contribution in [-0.2, 0) is 9.59 Å². The quantitative estimate of drug-likeness (QED) is 0.336. The molecule has 2 rings (SSSR count). The van der Waals surface area contributed by atoms with Gasteiger partial charge in [0.2, 0.25) is 0 Å². The molecule has 2 heterocycles. The molecule has 0 aromatic heterocycles. The molecule has 2 fully saturated rings. The molecule has 0 radical (unpaired) electrons. The molecule has 30 heavy (non-hydrogen) atoms. The summed E-state index contributed by atoms with van der Waals surface area (Å²) >= 11 is 0. The molecule has 0 spiro atoms. The second-order valence-corrected chi connectivity index (χ2v) is 7.88.